The average Bonchev–Trinajstić information content (AvgIpc) is 2.77. The van der Waals surface area contributed by atoms with Crippen LogP contribution in [-0.4, -0.2) is 5.11 Å². The number of phenols is 1. The monoisotopic (exact) mass is 510 g/mol. The highest BCUT2D eigenvalue weighted by Crippen LogP contribution is 2.51. The molecule has 1 N–H and O–H groups in total. The molecule has 2 aliphatic rings. The fourth-order valence-corrected chi connectivity index (χ4v) is 5.97. The van der Waals surface area contributed by atoms with Crippen LogP contribution in [0.5, 0.6) is 5.75 Å². The molecule has 6 rings (SSSR count). The van der Waals surface area contributed by atoms with Crippen LogP contribution in [0.4, 0.5) is 0 Å². The summed E-state index contributed by atoms with van der Waals surface area (Å²) in [6, 6.07) is 24.6. The van der Waals surface area contributed by atoms with Crippen LogP contribution < -0.4 is 0 Å². The van der Waals surface area contributed by atoms with E-state index in [2.05, 4.69) is 86.1 Å². The normalized spacial score (nSPS) is 17.7. The van der Waals surface area contributed by atoms with Crippen LogP contribution in [0.2, 0.25) is 0 Å². The predicted octanol–water partition coefficient (Wildman–Crippen LogP) is 9.57. The first-order chi connectivity index (χ1) is 16.1. The zero-order chi connectivity index (χ0) is 24.1. The number of hydrogen-bond donors (Lipinski definition) is 1. The Morgan fingerprint density at radius 1 is 0.765 bits per heavy atom. The maximum atomic E-state index is 9.13. The lowest BCUT2D eigenvalue weighted by Gasteiger charge is -2.40. The van der Waals surface area contributed by atoms with Crippen molar-refractivity contribution in [3.63, 3.8) is 0 Å². The van der Waals surface area contributed by atoms with Crippen molar-refractivity contribution in [3.05, 3.63) is 106 Å². The van der Waals surface area contributed by atoms with Gasteiger partial charge in [-0.15, -0.1) is 0 Å². The number of aromatic hydroxyl groups is 1. The lowest BCUT2D eigenvalue weighted by molar-refractivity contribution is 0.429. The van der Waals surface area contributed by atoms with Crippen molar-refractivity contribution in [2.75, 3.05) is 0 Å². The van der Waals surface area contributed by atoms with Gasteiger partial charge in [0, 0.05) is 4.47 Å². The molecule has 0 amide bonds. The van der Waals surface area contributed by atoms with Crippen molar-refractivity contribution in [1.29, 1.82) is 0 Å². The molecule has 2 aliphatic carbocycles. The van der Waals surface area contributed by atoms with Crippen molar-refractivity contribution >= 4 is 43.0 Å². The van der Waals surface area contributed by atoms with Crippen LogP contribution >= 0.6 is 15.9 Å². The molecule has 0 saturated carbocycles. The SMILES string of the molecule is CC1(C)C=CC2=C(C1)CC(C)(C)c1c2ccc2ccc(Br)cc12.Oc1ccc2ccccc2c1. The first-order valence-corrected chi connectivity index (χ1v) is 12.7. The summed E-state index contributed by atoms with van der Waals surface area (Å²) in [5, 5.41) is 14.1. The average molecular weight is 512 g/mol. The number of benzene rings is 4. The Morgan fingerprint density at radius 2 is 1.47 bits per heavy atom. The third-order valence-electron chi connectivity index (χ3n) is 7.09. The minimum Gasteiger partial charge on any atom is -0.508 e. The van der Waals surface area contributed by atoms with Crippen molar-refractivity contribution in [2.45, 2.75) is 46.0 Å². The minimum atomic E-state index is 0.176. The molecule has 4 aromatic carbocycles. The molecular weight excluding hydrogens is 480 g/mol. The minimum absolute atomic E-state index is 0.176. The van der Waals surface area contributed by atoms with Gasteiger partial charge in [0.25, 0.3) is 0 Å². The quantitative estimate of drug-likeness (QED) is 0.249. The van der Waals surface area contributed by atoms with Gasteiger partial charge in [-0.1, -0.05) is 110 Å². The van der Waals surface area contributed by atoms with Crippen molar-refractivity contribution in [1.82, 2.24) is 0 Å². The zero-order valence-corrected chi connectivity index (χ0v) is 21.9. The molecule has 0 atom stereocenters. The first kappa shape index (κ1) is 22.9. The van der Waals surface area contributed by atoms with E-state index in [4.69, 9.17) is 5.11 Å². The Hall–Kier alpha value is -2.84. The van der Waals surface area contributed by atoms with E-state index in [1.54, 1.807) is 17.7 Å². The summed E-state index contributed by atoms with van der Waals surface area (Å²) in [6.45, 7) is 9.49. The fraction of sp³-hybridized carbons (Fsp3) is 0.250. The van der Waals surface area contributed by atoms with E-state index in [0.717, 1.165) is 21.7 Å². The maximum Gasteiger partial charge on any atom is 0.116 e. The van der Waals surface area contributed by atoms with E-state index in [1.807, 2.05) is 30.3 Å². The van der Waals surface area contributed by atoms with Gasteiger partial charge >= 0.3 is 0 Å². The van der Waals surface area contributed by atoms with Crippen LogP contribution in [0.15, 0.2) is 95.0 Å². The number of halogens is 1. The van der Waals surface area contributed by atoms with Gasteiger partial charge in [0.1, 0.15) is 5.75 Å². The predicted molar refractivity (Wildman–Crippen MR) is 149 cm³/mol. The Kier molecular flexibility index (Phi) is 5.68. The highest BCUT2D eigenvalue weighted by molar-refractivity contribution is 9.10. The van der Waals surface area contributed by atoms with Crippen LogP contribution in [0.3, 0.4) is 0 Å². The van der Waals surface area contributed by atoms with Crippen LogP contribution in [0.25, 0.3) is 27.1 Å². The zero-order valence-electron chi connectivity index (χ0n) is 20.3. The lowest BCUT2D eigenvalue weighted by atomic mass is 9.64. The summed E-state index contributed by atoms with van der Waals surface area (Å²) in [5.41, 5.74) is 6.51. The lowest BCUT2D eigenvalue weighted by Crippen LogP contribution is -2.27. The molecule has 172 valence electrons. The summed E-state index contributed by atoms with van der Waals surface area (Å²) in [4.78, 5) is 0. The van der Waals surface area contributed by atoms with Gasteiger partial charge in [-0.05, 0) is 86.2 Å². The Balaban J connectivity index is 0.000000183. The second-order valence-electron chi connectivity index (χ2n) is 11.0. The van der Waals surface area contributed by atoms with Gasteiger partial charge in [-0.3, -0.25) is 0 Å². The van der Waals surface area contributed by atoms with Gasteiger partial charge in [0.2, 0.25) is 0 Å². The second-order valence-corrected chi connectivity index (χ2v) is 11.9. The standard InChI is InChI=1S/C22H23Br.C10H8O/c1-21(2)10-9-17-15(12-21)13-22(3,4)20-18(17)8-6-14-5-7-16(23)11-19(14)20;11-10-6-5-8-3-1-2-4-9(8)7-10/h5-11H,12-13H2,1-4H3;1-7,11H. The van der Waals surface area contributed by atoms with Crippen LogP contribution in [0.1, 0.15) is 51.7 Å². The van der Waals surface area contributed by atoms with E-state index in [0.29, 0.717) is 5.75 Å². The maximum absolute atomic E-state index is 9.13. The van der Waals surface area contributed by atoms with Crippen molar-refractivity contribution < 1.29 is 5.11 Å². The van der Waals surface area contributed by atoms with Gasteiger partial charge in [-0.25, -0.2) is 0 Å². The molecule has 0 saturated heterocycles. The molecule has 0 bridgehead atoms. The highest BCUT2D eigenvalue weighted by Gasteiger charge is 2.36. The topological polar surface area (TPSA) is 20.2 Å². The Morgan fingerprint density at radius 3 is 2.26 bits per heavy atom. The third kappa shape index (κ3) is 4.32. The molecule has 34 heavy (non-hydrogen) atoms. The van der Waals surface area contributed by atoms with Gasteiger partial charge in [-0.2, -0.15) is 0 Å². The van der Waals surface area contributed by atoms with Crippen LogP contribution in [-0.2, 0) is 5.41 Å². The third-order valence-corrected chi connectivity index (χ3v) is 7.58. The molecular formula is C32H31BrO. The molecule has 0 radical (unpaired) electrons. The number of rotatable bonds is 0. The van der Waals surface area contributed by atoms with E-state index in [-0.39, 0.29) is 10.8 Å². The van der Waals surface area contributed by atoms with Gasteiger partial charge in [0.05, 0.1) is 0 Å². The summed E-state index contributed by atoms with van der Waals surface area (Å²) in [6.07, 6.45) is 7.10. The van der Waals surface area contributed by atoms with Gasteiger partial charge < -0.3 is 5.11 Å². The largest absolute Gasteiger partial charge is 0.508 e. The first-order valence-electron chi connectivity index (χ1n) is 12.0. The molecule has 0 aliphatic heterocycles. The van der Waals surface area contributed by atoms with E-state index < -0.39 is 0 Å². The smallest absolute Gasteiger partial charge is 0.116 e. The van der Waals surface area contributed by atoms with Gasteiger partial charge in [0.15, 0.2) is 0 Å². The second kappa shape index (κ2) is 8.43. The molecule has 0 fully saturated rings. The summed E-state index contributed by atoms with van der Waals surface area (Å²) < 4.78 is 1.16. The molecule has 0 aromatic heterocycles. The summed E-state index contributed by atoms with van der Waals surface area (Å²) in [7, 11) is 0. The fourth-order valence-electron chi connectivity index (χ4n) is 5.61. The van der Waals surface area contributed by atoms with Crippen molar-refractivity contribution in [3.8, 4) is 5.75 Å². The number of phenolic OH excluding ortho intramolecular Hbond substituents is 1. The van der Waals surface area contributed by atoms with Crippen LogP contribution in [0, 0.1) is 5.41 Å². The number of hydrogen-bond acceptors (Lipinski definition) is 1. The highest BCUT2D eigenvalue weighted by atomic mass is 79.9. The molecule has 0 heterocycles. The molecule has 0 spiro atoms. The molecule has 0 unspecified atom stereocenters. The number of allylic oxidation sites excluding steroid dienone is 4. The Labute approximate surface area is 211 Å². The molecule has 2 heteroatoms. The van der Waals surface area contributed by atoms with E-state index >= 15 is 0 Å². The van der Waals surface area contributed by atoms with E-state index in [9.17, 15) is 0 Å². The Bertz CT molecular complexity index is 1470. The molecule has 4 aromatic rings. The number of fused-ring (bicyclic) bond motifs is 5. The van der Waals surface area contributed by atoms with E-state index in [1.165, 1.54) is 33.9 Å². The molecule has 1 nitrogen and oxygen atoms in total. The van der Waals surface area contributed by atoms with Crippen molar-refractivity contribution in [2.24, 2.45) is 5.41 Å². The summed E-state index contributed by atoms with van der Waals surface area (Å²) in [5.74, 6) is 0.323. The summed E-state index contributed by atoms with van der Waals surface area (Å²) >= 11 is 3.66.